The molecule has 3 heteroatoms. The zero-order valence-electron chi connectivity index (χ0n) is 8.13. The van der Waals surface area contributed by atoms with E-state index < -0.39 is 0 Å². The van der Waals surface area contributed by atoms with Crippen molar-refractivity contribution in [2.75, 3.05) is 6.61 Å². The molecule has 0 spiro atoms. The lowest BCUT2D eigenvalue weighted by Gasteiger charge is -2.04. The minimum absolute atomic E-state index is 0.0281. The van der Waals surface area contributed by atoms with Crippen molar-refractivity contribution < 1.29 is 14.7 Å². The summed E-state index contributed by atoms with van der Waals surface area (Å²) in [5.74, 6) is -0.116. The van der Waals surface area contributed by atoms with Gasteiger partial charge in [-0.25, -0.2) is 0 Å². The van der Waals surface area contributed by atoms with E-state index in [9.17, 15) is 9.59 Å². The smallest absolute Gasteiger partial charge is 0.184 e. The summed E-state index contributed by atoms with van der Waals surface area (Å²) in [7, 11) is 0. The summed E-state index contributed by atoms with van der Waals surface area (Å²) in [6.07, 6.45) is 2.71. The fraction of sp³-hybridized carbons (Fsp3) is 0.400. The van der Waals surface area contributed by atoms with Gasteiger partial charge in [0.1, 0.15) is 0 Å². The zero-order valence-corrected chi connectivity index (χ0v) is 8.13. The van der Waals surface area contributed by atoms with Crippen molar-refractivity contribution in [1.29, 1.82) is 0 Å². The number of aliphatic hydroxyl groups is 1. The molecule has 0 aromatic rings. The molecule has 0 aliphatic heterocycles. The number of rotatable bonds is 0. The third-order valence-electron chi connectivity index (χ3n) is 1.43. The second-order valence-electron chi connectivity index (χ2n) is 2.70. The van der Waals surface area contributed by atoms with Gasteiger partial charge in [0.2, 0.25) is 0 Å². The van der Waals surface area contributed by atoms with Crippen molar-refractivity contribution in [1.82, 2.24) is 0 Å². The zero-order chi connectivity index (χ0) is 10.4. The molecule has 3 nitrogen and oxygen atoms in total. The van der Waals surface area contributed by atoms with E-state index >= 15 is 0 Å². The highest BCUT2D eigenvalue weighted by molar-refractivity contribution is 6.19. The van der Waals surface area contributed by atoms with Crippen LogP contribution in [0.2, 0.25) is 0 Å². The fourth-order valence-corrected chi connectivity index (χ4v) is 0.911. The molecular weight excluding hydrogens is 168 g/mol. The number of allylic oxidation sites excluding steroid dienone is 4. The predicted octanol–water partition coefficient (Wildman–Crippen LogP) is 1.03. The molecule has 0 bridgehead atoms. The third-order valence-corrected chi connectivity index (χ3v) is 1.43. The molecule has 0 aromatic carbocycles. The lowest BCUT2D eigenvalue weighted by Crippen LogP contribution is -2.09. The lowest BCUT2D eigenvalue weighted by molar-refractivity contribution is -0.115. The molecule has 0 amide bonds. The number of hydrogen-bond donors (Lipinski definition) is 1. The van der Waals surface area contributed by atoms with Crippen molar-refractivity contribution in [3.63, 3.8) is 0 Å². The van der Waals surface area contributed by atoms with Crippen LogP contribution in [0.3, 0.4) is 0 Å². The fourth-order valence-electron chi connectivity index (χ4n) is 0.911. The van der Waals surface area contributed by atoms with Gasteiger partial charge >= 0.3 is 0 Å². The van der Waals surface area contributed by atoms with E-state index in [1.54, 1.807) is 20.8 Å². The number of carbonyl (C=O) groups is 2. The Balaban J connectivity index is 0.000000424. The Morgan fingerprint density at radius 1 is 1.15 bits per heavy atom. The molecule has 0 saturated heterocycles. The van der Waals surface area contributed by atoms with Gasteiger partial charge in [-0.05, 0) is 32.9 Å². The summed E-state index contributed by atoms with van der Waals surface area (Å²) in [6.45, 7) is 5.23. The minimum Gasteiger partial charge on any atom is -0.397 e. The highest BCUT2D eigenvalue weighted by Crippen LogP contribution is 2.10. The molecule has 0 radical (unpaired) electrons. The van der Waals surface area contributed by atoms with Crippen LogP contribution in [0.25, 0.3) is 0 Å². The molecule has 72 valence electrons. The Hall–Kier alpha value is -1.22. The molecule has 1 aliphatic carbocycles. The van der Waals surface area contributed by atoms with Gasteiger partial charge in [0, 0.05) is 17.8 Å². The third kappa shape index (κ3) is 3.80. The van der Waals surface area contributed by atoms with Crippen LogP contribution in [0.15, 0.2) is 23.3 Å². The SMILES string of the molecule is CC1=CC(=O)C=C(C)C1=O.CCO. The van der Waals surface area contributed by atoms with Crippen molar-refractivity contribution in [3.05, 3.63) is 23.3 Å². The van der Waals surface area contributed by atoms with Crippen molar-refractivity contribution in [3.8, 4) is 0 Å². The van der Waals surface area contributed by atoms with Crippen LogP contribution >= 0.6 is 0 Å². The van der Waals surface area contributed by atoms with E-state index in [0.717, 1.165) is 0 Å². The van der Waals surface area contributed by atoms with Gasteiger partial charge in [0.05, 0.1) is 0 Å². The molecular formula is C10H14O3. The monoisotopic (exact) mass is 182 g/mol. The summed E-state index contributed by atoms with van der Waals surface area (Å²) in [6, 6.07) is 0. The van der Waals surface area contributed by atoms with Crippen LogP contribution in [0.5, 0.6) is 0 Å². The number of carbonyl (C=O) groups excluding carboxylic acids is 2. The molecule has 0 saturated carbocycles. The van der Waals surface area contributed by atoms with E-state index in [-0.39, 0.29) is 18.2 Å². The molecule has 0 fully saturated rings. The highest BCUT2D eigenvalue weighted by atomic mass is 16.2. The maximum Gasteiger partial charge on any atom is 0.184 e. The van der Waals surface area contributed by atoms with Gasteiger partial charge in [-0.15, -0.1) is 0 Å². The van der Waals surface area contributed by atoms with Crippen LogP contribution < -0.4 is 0 Å². The van der Waals surface area contributed by atoms with Gasteiger partial charge in [-0.1, -0.05) is 0 Å². The molecule has 1 aliphatic rings. The van der Waals surface area contributed by atoms with E-state index in [1.165, 1.54) is 12.2 Å². The number of hydrogen-bond acceptors (Lipinski definition) is 3. The van der Waals surface area contributed by atoms with Crippen molar-refractivity contribution in [2.24, 2.45) is 0 Å². The molecule has 1 rings (SSSR count). The van der Waals surface area contributed by atoms with Crippen LogP contribution in [-0.4, -0.2) is 23.3 Å². The first-order valence-electron chi connectivity index (χ1n) is 4.09. The van der Waals surface area contributed by atoms with E-state index in [1.807, 2.05) is 0 Å². The summed E-state index contributed by atoms with van der Waals surface area (Å²) in [5.41, 5.74) is 1.06. The minimum atomic E-state index is -0.0883. The highest BCUT2D eigenvalue weighted by Gasteiger charge is 2.13. The first-order valence-corrected chi connectivity index (χ1v) is 4.09. The normalized spacial score (nSPS) is 15.7. The first kappa shape index (κ1) is 11.8. The second-order valence-corrected chi connectivity index (χ2v) is 2.70. The summed E-state index contributed by atoms with van der Waals surface area (Å²) < 4.78 is 0. The predicted molar refractivity (Wildman–Crippen MR) is 50.3 cm³/mol. The quantitative estimate of drug-likeness (QED) is 0.569. The Morgan fingerprint density at radius 2 is 1.46 bits per heavy atom. The summed E-state index contributed by atoms with van der Waals surface area (Å²) in [4.78, 5) is 21.7. The van der Waals surface area contributed by atoms with Gasteiger partial charge in [0.25, 0.3) is 0 Å². The summed E-state index contributed by atoms with van der Waals surface area (Å²) in [5, 5.41) is 7.57. The summed E-state index contributed by atoms with van der Waals surface area (Å²) >= 11 is 0. The van der Waals surface area contributed by atoms with Crippen LogP contribution in [0, 0.1) is 0 Å². The molecule has 0 aromatic heterocycles. The van der Waals surface area contributed by atoms with E-state index in [4.69, 9.17) is 5.11 Å². The van der Waals surface area contributed by atoms with Crippen LogP contribution in [0.1, 0.15) is 20.8 Å². The first-order chi connectivity index (χ1) is 6.02. The average Bonchev–Trinajstić information content (AvgIpc) is 2.01. The topological polar surface area (TPSA) is 54.4 Å². The maximum absolute atomic E-state index is 11.0. The van der Waals surface area contributed by atoms with Gasteiger partial charge in [-0.3, -0.25) is 9.59 Å². The van der Waals surface area contributed by atoms with Gasteiger partial charge < -0.3 is 5.11 Å². The van der Waals surface area contributed by atoms with Gasteiger partial charge in [0.15, 0.2) is 11.6 Å². The maximum atomic E-state index is 11.0. The molecule has 0 heterocycles. The Kier molecular flexibility index (Phi) is 4.92. The average molecular weight is 182 g/mol. The number of Topliss-reactive ketones (excluding diaryl/α,β-unsaturated/α-hetero) is 1. The van der Waals surface area contributed by atoms with Crippen LogP contribution in [-0.2, 0) is 9.59 Å². The van der Waals surface area contributed by atoms with Crippen molar-refractivity contribution in [2.45, 2.75) is 20.8 Å². The van der Waals surface area contributed by atoms with Crippen molar-refractivity contribution >= 4 is 11.6 Å². The van der Waals surface area contributed by atoms with Crippen LogP contribution in [0.4, 0.5) is 0 Å². The largest absolute Gasteiger partial charge is 0.397 e. The standard InChI is InChI=1S/C8H8O2.C2H6O/c1-5-3-7(9)4-6(2)8(5)10;1-2-3/h3-4H,1-2H3;3H,2H2,1H3. The number of ketones is 2. The second kappa shape index (κ2) is 5.43. The Labute approximate surface area is 77.8 Å². The van der Waals surface area contributed by atoms with E-state index in [0.29, 0.717) is 11.1 Å². The van der Waals surface area contributed by atoms with Gasteiger partial charge in [-0.2, -0.15) is 0 Å². The Bertz CT molecular complexity index is 248. The number of aliphatic hydroxyl groups excluding tert-OH is 1. The van der Waals surface area contributed by atoms with E-state index in [2.05, 4.69) is 0 Å². The Morgan fingerprint density at radius 3 is 1.77 bits per heavy atom. The molecule has 0 unspecified atom stereocenters. The lowest BCUT2D eigenvalue weighted by atomic mass is 9.99. The molecule has 0 atom stereocenters. The molecule has 13 heavy (non-hydrogen) atoms. The molecule has 1 N–H and O–H groups in total.